The first-order chi connectivity index (χ1) is 13.9. The van der Waals surface area contributed by atoms with Crippen LogP contribution in [-0.2, 0) is 17.5 Å². The van der Waals surface area contributed by atoms with Crippen molar-refractivity contribution in [2.45, 2.75) is 38.5 Å². The van der Waals surface area contributed by atoms with E-state index < -0.39 is 11.9 Å². The normalized spacial score (nSPS) is 23.1. The van der Waals surface area contributed by atoms with E-state index in [2.05, 4.69) is 16.8 Å². The first kappa shape index (κ1) is 20.0. The lowest BCUT2D eigenvalue weighted by Crippen LogP contribution is -2.44. The number of aromatic nitrogens is 3. The molecule has 2 aliphatic heterocycles. The molecule has 2 aromatic rings. The van der Waals surface area contributed by atoms with Gasteiger partial charge in [0, 0.05) is 49.4 Å². The van der Waals surface area contributed by atoms with Gasteiger partial charge in [0.05, 0.1) is 19.8 Å². The molecule has 0 amide bonds. The maximum Gasteiger partial charge on any atom is 0.437 e. The van der Waals surface area contributed by atoms with E-state index in [1.165, 1.54) is 12.1 Å². The molecule has 158 valence electrons. The molecule has 2 aromatic heterocycles. The van der Waals surface area contributed by atoms with Gasteiger partial charge in [-0.1, -0.05) is 0 Å². The largest absolute Gasteiger partial charge is 0.491 e. The van der Waals surface area contributed by atoms with Crippen LogP contribution in [0, 0.1) is 11.8 Å². The number of ether oxygens (including phenoxy) is 2. The second-order valence-corrected chi connectivity index (χ2v) is 7.90. The van der Waals surface area contributed by atoms with Crippen LogP contribution >= 0.6 is 0 Å². The Kier molecular flexibility index (Phi) is 5.67. The van der Waals surface area contributed by atoms with Crippen LogP contribution in [0.1, 0.15) is 25.5 Å². The van der Waals surface area contributed by atoms with Crippen LogP contribution in [0.2, 0.25) is 0 Å². The van der Waals surface area contributed by atoms with Crippen LogP contribution in [0.4, 0.5) is 19.0 Å². The van der Waals surface area contributed by atoms with Crippen LogP contribution in [0.3, 0.4) is 0 Å². The molecule has 4 heterocycles. The zero-order valence-corrected chi connectivity index (χ0v) is 16.3. The Balaban J connectivity index is 1.38. The molecule has 0 aliphatic carbocycles. The lowest BCUT2D eigenvalue weighted by atomic mass is 9.94. The minimum absolute atomic E-state index is 0.123. The lowest BCUT2D eigenvalue weighted by Gasteiger charge is -2.38. The molecule has 0 N–H and O–H groups in total. The van der Waals surface area contributed by atoms with E-state index in [9.17, 15) is 13.2 Å². The highest BCUT2D eigenvalue weighted by Crippen LogP contribution is 2.35. The number of anilines is 1. The van der Waals surface area contributed by atoms with Crippen molar-refractivity contribution in [2.24, 2.45) is 11.8 Å². The Morgan fingerprint density at radius 1 is 1.21 bits per heavy atom. The van der Waals surface area contributed by atoms with Gasteiger partial charge in [0.2, 0.25) is 0 Å². The molecule has 0 saturated carbocycles. The fourth-order valence-corrected chi connectivity index (χ4v) is 3.83. The first-order valence-corrected chi connectivity index (χ1v) is 9.93. The smallest absolute Gasteiger partial charge is 0.437 e. The van der Waals surface area contributed by atoms with Gasteiger partial charge < -0.3 is 14.4 Å². The molecular weight excluding hydrogens is 385 g/mol. The Labute approximate surface area is 167 Å². The van der Waals surface area contributed by atoms with Gasteiger partial charge in [0.15, 0.2) is 11.5 Å². The second-order valence-electron chi connectivity index (χ2n) is 7.90. The summed E-state index contributed by atoms with van der Waals surface area (Å²) >= 11 is 0. The van der Waals surface area contributed by atoms with Crippen molar-refractivity contribution in [3.8, 4) is 5.75 Å². The topological polar surface area (TPSA) is 52.4 Å². The molecule has 6 nitrogen and oxygen atoms in total. The van der Waals surface area contributed by atoms with E-state index in [1.807, 2.05) is 16.9 Å². The van der Waals surface area contributed by atoms with Gasteiger partial charge in [0.1, 0.15) is 5.75 Å². The van der Waals surface area contributed by atoms with Crippen molar-refractivity contribution in [2.75, 3.05) is 31.3 Å². The molecule has 2 atom stereocenters. The molecule has 2 saturated heterocycles. The van der Waals surface area contributed by atoms with Gasteiger partial charge in [-0.3, -0.25) is 4.68 Å². The van der Waals surface area contributed by atoms with E-state index in [4.69, 9.17) is 14.6 Å². The van der Waals surface area contributed by atoms with Crippen LogP contribution < -0.4 is 9.64 Å². The van der Waals surface area contributed by atoms with E-state index in [0.717, 1.165) is 44.6 Å². The summed E-state index contributed by atoms with van der Waals surface area (Å²) in [5.41, 5.74) is -0.972. The fourth-order valence-electron chi connectivity index (χ4n) is 3.83. The predicted octanol–water partition coefficient (Wildman–Crippen LogP) is 3.63. The number of piperidine rings is 1. The number of pyridine rings is 1. The fraction of sp³-hybridized carbons (Fsp3) is 0.600. The Hall–Kier alpha value is -2.29. The third-order valence-electron chi connectivity index (χ3n) is 5.57. The standard InChI is InChI=1S/C20H25F3N4O2/c1-14-4-5-15(13-29-17-3-2-7-24-19(17)20(21,22)23)10-27(14)18-6-8-26(25-18)9-16-11-28-12-16/h2-3,6-8,14-16H,4-5,9-13H2,1H3. The number of hydrogen-bond acceptors (Lipinski definition) is 5. The molecule has 4 rings (SSSR count). The summed E-state index contributed by atoms with van der Waals surface area (Å²) in [4.78, 5) is 5.67. The number of nitrogens with zero attached hydrogens (tertiary/aromatic N) is 4. The molecule has 29 heavy (non-hydrogen) atoms. The highest BCUT2D eigenvalue weighted by molar-refractivity contribution is 5.39. The van der Waals surface area contributed by atoms with E-state index in [0.29, 0.717) is 18.5 Å². The van der Waals surface area contributed by atoms with Crippen molar-refractivity contribution in [3.63, 3.8) is 0 Å². The highest BCUT2D eigenvalue weighted by atomic mass is 19.4. The van der Waals surface area contributed by atoms with E-state index >= 15 is 0 Å². The second kappa shape index (κ2) is 8.22. The molecule has 0 aromatic carbocycles. The van der Waals surface area contributed by atoms with Gasteiger partial charge in [-0.25, -0.2) is 4.98 Å². The molecular formula is C20H25F3N4O2. The van der Waals surface area contributed by atoms with E-state index in [-0.39, 0.29) is 18.3 Å². The van der Waals surface area contributed by atoms with Crippen LogP contribution in [0.25, 0.3) is 0 Å². The Bertz CT molecular complexity index is 822. The minimum Gasteiger partial charge on any atom is -0.491 e. The van der Waals surface area contributed by atoms with Gasteiger partial charge in [-0.05, 0) is 31.9 Å². The SMILES string of the molecule is CC1CCC(COc2cccnc2C(F)(F)F)CN1c1ccn(CC2COC2)n1. The molecule has 0 spiro atoms. The number of rotatable bonds is 6. The Morgan fingerprint density at radius 2 is 2.03 bits per heavy atom. The molecule has 0 bridgehead atoms. The molecule has 2 fully saturated rings. The average molecular weight is 410 g/mol. The van der Waals surface area contributed by atoms with Gasteiger partial charge in [-0.2, -0.15) is 18.3 Å². The zero-order valence-electron chi connectivity index (χ0n) is 16.3. The Morgan fingerprint density at radius 3 is 2.76 bits per heavy atom. The van der Waals surface area contributed by atoms with Crippen molar-refractivity contribution in [1.29, 1.82) is 0 Å². The van der Waals surface area contributed by atoms with E-state index in [1.54, 1.807) is 0 Å². The maximum atomic E-state index is 13.1. The first-order valence-electron chi connectivity index (χ1n) is 9.93. The molecule has 0 radical (unpaired) electrons. The number of halogens is 3. The van der Waals surface area contributed by atoms with Crippen molar-refractivity contribution in [1.82, 2.24) is 14.8 Å². The summed E-state index contributed by atoms with van der Waals surface area (Å²) in [7, 11) is 0. The van der Waals surface area contributed by atoms with Crippen LogP contribution in [-0.4, -0.2) is 47.2 Å². The zero-order chi connectivity index (χ0) is 20.4. The molecule has 2 unspecified atom stereocenters. The van der Waals surface area contributed by atoms with Crippen molar-refractivity contribution < 1.29 is 22.6 Å². The van der Waals surface area contributed by atoms with Gasteiger partial charge >= 0.3 is 6.18 Å². The predicted molar refractivity (Wildman–Crippen MR) is 101 cm³/mol. The van der Waals surface area contributed by atoms with Gasteiger partial charge in [0.25, 0.3) is 0 Å². The summed E-state index contributed by atoms with van der Waals surface area (Å²) in [6, 6.07) is 5.11. The van der Waals surface area contributed by atoms with Crippen molar-refractivity contribution >= 4 is 5.82 Å². The number of alkyl halides is 3. The summed E-state index contributed by atoms with van der Waals surface area (Å²) in [6.45, 7) is 5.48. The summed E-state index contributed by atoms with van der Waals surface area (Å²) in [6.07, 6.45) is 0.426. The van der Waals surface area contributed by atoms with Crippen LogP contribution in [0.5, 0.6) is 5.75 Å². The van der Waals surface area contributed by atoms with Gasteiger partial charge in [-0.15, -0.1) is 0 Å². The number of hydrogen-bond donors (Lipinski definition) is 0. The maximum absolute atomic E-state index is 13.1. The van der Waals surface area contributed by atoms with Crippen molar-refractivity contribution in [3.05, 3.63) is 36.3 Å². The lowest BCUT2D eigenvalue weighted by molar-refractivity contribution is -0.142. The summed E-state index contributed by atoms with van der Waals surface area (Å²) in [5.74, 6) is 1.33. The summed E-state index contributed by atoms with van der Waals surface area (Å²) < 4.78 is 52.0. The third kappa shape index (κ3) is 4.66. The highest BCUT2D eigenvalue weighted by Gasteiger charge is 2.36. The van der Waals surface area contributed by atoms with Crippen LogP contribution in [0.15, 0.2) is 30.6 Å². The average Bonchev–Trinajstić information content (AvgIpc) is 3.12. The monoisotopic (exact) mass is 410 g/mol. The summed E-state index contributed by atoms with van der Waals surface area (Å²) in [5, 5.41) is 4.69. The third-order valence-corrected chi connectivity index (χ3v) is 5.57. The molecule has 2 aliphatic rings. The minimum atomic E-state index is -4.53. The quantitative estimate of drug-likeness (QED) is 0.728. The molecule has 9 heteroatoms.